The van der Waals surface area contributed by atoms with Crippen LogP contribution in [0.1, 0.15) is 38.7 Å². The quantitative estimate of drug-likeness (QED) is 0.694. The highest BCUT2D eigenvalue weighted by molar-refractivity contribution is 8.13. The molecule has 132 valence electrons. The lowest BCUT2D eigenvalue weighted by molar-refractivity contribution is -0.178. The molecular formula is C18H26N2O3S. The van der Waals surface area contributed by atoms with Gasteiger partial charge in [-0.15, -0.1) is 0 Å². The van der Waals surface area contributed by atoms with Crippen molar-refractivity contribution in [3.8, 4) is 0 Å². The van der Waals surface area contributed by atoms with Crippen LogP contribution in [0.3, 0.4) is 0 Å². The Morgan fingerprint density at radius 3 is 2.79 bits per heavy atom. The van der Waals surface area contributed by atoms with E-state index in [9.17, 15) is 4.79 Å². The van der Waals surface area contributed by atoms with Gasteiger partial charge in [-0.2, -0.15) is 0 Å². The summed E-state index contributed by atoms with van der Waals surface area (Å²) in [6.07, 6.45) is 1.98. The minimum atomic E-state index is -0.570. The van der Waals surface area contributed by atoms with Crippen molar-refractivity contribution in [2.24, 2.45) is 4.99 Å². The molecule has 2 unspecified atom stereocenters. The Bertz CT molecular complexity index is 536. The summed E-state index contributed by atoms with van der Waals surface area (Å²) in [7, 11) is 0. The first kappa shape index (κ1) is 19.0. The Hall–Kier alpha value is -1.37. The van der Waals surface area contributed by atoms with Gasteiger partial charge in [0.05, 0.1) is 6.54 Å². The third-order valence-electron chi connectivity index (χ3n) is 3.60. The van der Waals surface area contributed by atoms with Crippen LogP contribution in [0.2, 0.25) is 0 Å². The van der Waals surface area contributed by atoms with Crippen molar-refractivity contribution in [3.63, 3.8) is 0 Å². The molecule has 0 aromatic heterocycles. The van der Waals surface area contributed by atoms with E-state index < -0.39 is 6.10 Å². The number of rotatable bonds is 9. The predicted octanol–water partition coefficient (Wildman–Crippen LogP) is 3.34. The standard InChI is InChI=1S/C18H26N2O3S/c1-3-5-11-16(22-4-2)23-15-12-19-18(20-17(15)21)24-13-14-9-7-6-8-10-14/h6-10,15-16H,3-5,11-13H2,1-2H3,(H,19,20,21). The predicted molar refractivity (Wildman–Crippen MR) is 98.0 cm³/mol. The van der Waals surface area contributed by atoms with Crippen molar-refractivity contribution >= 4 is 22.8 Å². The van der Waals surface area contributed by atoms with Gasteiger partial charge in [0.2, 0.25) is 0 Å². The number of thioether (sulfide) groups is 1. The molecule has 0 aliphatic carbocycles. The van der Waals surface area contributed by atoms with E-state index in [1.54, 1.807) is 0 Å². The number of carbonyl (C=O) groups excluding carboxylic acids is 1. The molecule has 1 N–H and O–H groups in total. The Kier molecular flexibility index (Phi) is 8.28. The minimum absolute atomic E-state index is 0.137. The number of hydrogen-bond donors (Lipinski definition) is 1. The fraction of sp³-hybridized carbons (Fsp3) is 0.556. The lowest BCUT2D eigenvalue weighted by atomic mass is 10.2. The Morgan fingerprint density at radius 1 is 1.33 bits per heavy atom. The van der Waals surface area contributed by atoms with Crippen LogP contribution in [0.15, 0.2) is 35.3 Å². The van der Waals surface area contributed by atoms with E-state index >= 15 is 0 Å². The van der Waals surface area contributed by atoms with Gasteiger partial charge in [-0.3, -0.25) is 9.79 Å². The molecule has 1 aromatic rings. The number of unbranched alkanes of at least 4 members (excludes halogenated alkanes) is 1. The van der Waals surface area contributed by atoms with E-state index in [1.165, 1.54) is 17.3 Å². The first-order valence-corrected chi connectivity index (χ1v) is 9.50. The lowest BCUT2D eigenvalue weighted by Crippen LogP contribution is -2.46. The summed E-state index contributed by atoms with van der Waals surface area (Å²) in [6, 6.07) is 10.1. The van der Waals surface area contributed by atoms with Crippen LogP contribution < -0.4 is 5.32 Å². The molecule has 1 amide bonds. The van der Waals surface area contributed by atoms with Crippen LogP contribution >= 0.6 is 11.8 Å². The van der Waals surface area contributed by atoms with Crippen molar-refractivity contribution < 1.29 is 14.3 Å². The molecule has 1 aliphatic heterocycles. The minimum Gasteiger partial charge on any atom is -0.353 e. The van der Waals surface area contributed by atoms with Crippen LogP contribution in [0.5, 0.6) is 0 Å². The maximum absolute atomic E-state index is 12.2. The number of nitrogens with one attached hydrogen (secondary N) is 1. The van der Waals surface area contributed by atoms with Crippen molar-refractivity contribution in [2.45, 2.75) is 51.3 Å². The topological polar surface area (TPSA) is 59.9 Å². The summed E-state index contributed by atoms with van der Waals surface area (Å²) in [5, 5.41) is 3.49. The maximum atomic E-state index is 12.2. The van der Waals surface area contributed by atoms with E-state index in [0.717, 1.165) is 25.0 Å². The third kappa shape index (κ3) is 6.26. The molecule has 0 radical (unpaired) electrons. The van der Waals surface area contributed by atoms with E-state index in [2.05, 4.69) is 29.4 Å². The van der Waals surface area contributed by atoms with Crippen LogP contribution in [-0.4, -0.2) is 36.6 Å². The number of ether oxygens (including phenoxy) is 2. The molecule has 0 saturated heterocycles. The molecular weight excluding hydrogens is 324 g/mol. The van der Waals surface area contributed by atoms with Gasteiger partial charge in [-0.25, -0.2) is 0 Å². The second-order valence-corrected chi connectivity index (χ2v) is 6.53. The van der Waals surface area contributed by atoms with Gasteiger partial charge in [0.15, 0.2) is 17.6 Å². The second-order valence-electron chi connectivity index (χ2n) is 5.56. The highest BCUT2D eigenvalue weighted by atomic mass is 32.2. The summed E-state index contributed by atoms with van der Waals surface area (Å²) in [5.41, 5.74) is 1.20. The van der Waals surface area contributed by atoms with Gasteiger partial charge in [0, 0.05) is 12.4 Å². The molecule has 0 spiro atoms. The Morgan fingerprint density at radius 2 is 2.12 bits per heavy atom. The van der Waals surface area contributed by atoms with Gasteiger partial charge in [0.25, 0.3) is 5.91 Å². The molecule has 24 heavy (non-hydrogen) atoms. The number of aliphatic imine (C=N–C) groups is 1. The van der Waals surface area contributed by atoms with Crippen LogP contribution in [0, 0.1) is 0 Å². The summed E-state index contributed by atoms with van der Waals surface area (Å²) in [6.45, 7) is 4.97. The first-order valence-electron chi connectivity index (χ1n) is 8.52. The highest BCUT2D eigenvalue weighted by Gasteiger charge is 2.28. The summed E-state index contributed by atoms with van der Waals surface area (Å²) < 4.78 is 11.4. The molecule has 6 heteroatoms. The molecule has 1 aliphatic rings. The average molecular weight is 350 g/mol. The first-order chi connectivity index (χ1) is 11.7. The molecule has 2 rings (SSSR count). The summed E-state index contributed by atoms with van der Waals surface area (Å²) >= 11 is 1.53. The van der Waals surface area contributed by atoms with Crippen molar-refractivity contribution in [3.05, 3.63) is 35.9 Å². The van der Waals surface area contributed by atoms with Gasteiger partial charge in [-0.1, -0.05) is 55.4 Å². The van der Waals surface area contributed by atoms with E-state index in [0.29, 0.717) is 18.3 Å². The Balaban J connectivity index is 1.83. The van der Waals surface area contributed by atoms with E-state index in [-0.39, 0.29) is 12.2 Å². The SMILES string of the molecule is CCCCC(OCC)OC1CN=C(SCc2ccccc2)NC1=O. The molecule has 1 heterocycles. The molecule has 2 atom stereocenters. The van der Waals surface area contributed by atoms with Crippen molar-refractivity contribution in [1.29, 1.82) is 0 Å². The van der Waals surface area contributed by atoms with Crippen LogP contribution in [-0.2, 0) is 20.0 Å². The zero-order valence-corrected chi connectivity index (χ0v) is 15.2. The van der Waals surface area contributed by atoms with E-state index in [1.807, 2.05) is 25.1 Å². The lowest BCUT2D eigenvalue weighted by Gasteiger charge is -2.26. The second kappa shape index (κ2) is 10.5. The normalized spacial score (nSPS) is 18.8. The number of benzene rings is 1. The van der Waals surface area contributed by atoms with Gasteiger partial charge < -0.3 is 14.8 Å². The Labute approximate surface area is 148 Å². The zero-order chi connectivity index (χ0) is 17.2. The molecule has 5 nitrogen and oxygen atoms in total. The van der Waals surface area contributed by atoms with Gasteiger partial charge in [-0.05, 0) is 25.3 Å². The van der Waals surface area contributed by atoms with Crippen LogP contribution in [0.4, 0.5) is 0 Å². The number of amides is 1. The summed E-state index contributed by atoms with van der Waals surface area (Å²) in [4.78, 5) is 16.7. The molecule has 1 aromatic carbocycles. The molecule has 0 saturated carbocycles. The fourth-order valence-corrected chi connectivity index (χ4v) is 3.15. The van der Waals surface area contributed by atoms with Crippen molar-refractivity contribution in [1.82, 2.24) is 5.32 Å². The number of hydrogen-bond acceptors (Lipinski definition) is 5. The van der Waals surface area contributed by atoms with E-state index in [4.69, 9.17) is 9.47 Å². The van der Waals surface area contributed by atoms with Gasteiger partial charge in [0.1, 0.15) is 0 Å². The summed E-state index contributed by atoms with van der Waals surface area (Å²) in [5.74, 6) is 0.644. The highest BCUT2D eigenvalue weighted by Crippen LogP contribution is 2.17. The maximum Gasteiger partial charge on any atom is 0.257 e. The third-order valence-corrected chi connectivity index (χ3v) is 4.59. The zero-order valence-electron chi connectivity index (χ0n) is 14.4. The van der Waals surface area contributed by atoms with Crippen molar-refractivity contribution in [2.75, 3.05) is 13.2 Å². The number of nitrogens with zero attached hydrogens (tertiary/aromatic N) is 1. The fourth-order valence-electron chi connectivity index (χ4n) is 2.32. The number of carbonyl (C=O) groups is 1. The molecule has 0 bridgehead atoms. The number of amidine groups is 1. The van der Waals surface area contributed by atoms with Gasteiger partial charge >= 0.3 is 0 Å². The van der Waals surface area contributed by atoms with Crippen LogP contribution in [0.25, 0.3) is 0 Å². The largest absolute Gasteiger partial charge is 0.353 e. The monoisotopic (exact) mass is 350 g/mol. The smallest absolute Gasteiger partial charge is 0.257 e. The average Bonchev–Trinajstić information content (AvgIpc) is 2.61. The molecule has 0 fully saturated rings.